The van der Waals surface area contributed by atoms with Crippen LogP contribution in [0.25, 0.3) is 66.7 Å². The van der Waals surface area contributed by atoms with Crippen molar-refractivity contribution in [3.8, 4) is 44.5 Å². The fourth-order valence-electron chi connectivity index (χ4n) is 5.50. The van der Waals surface area contributed by atoms with Crippen LogP contribution in [0.4, 0.5) is 26.3 Å². The van der Waals surface area contributed by atoms with Crippen molar-refractivity contribution >= 4 is 22.2 Å². The van der Waals surface area contributed by atoms with Crippen LogP contribution < -0.4 is 0 Å². The minimum Gasteiger partial charge on any atom is -0.443 e. The van der Waals surface area contributed by atoms with Gasteiger partial charge in [-0.25, -0.2) is 9.97 Å². The summed E-state index contributed by atoms with van der Waals surface area (Å²) in [5, 5.41) is 0. The van der Waals surface area contributed by atoms with Gasteiger partial charge in [0.2, 0.25) is 0 Å². The predicted octanol–water partition coefficient (Wildman–Crippen LogP) is 10.7. The van der Waals surface area contributed by atoms with E-state index in [2.05, 4.69) is 9.97 Å². The molecule has 2 aromatic heterocycles. The first-order valence-corrected chi connectivity index (χ1v) is 13.3. The van der Waals surface area contributed by atoms with Crippen molar-refractivity contribution in [1.29, 1.82) is 0 Å². The number of hydrogen-bond acceptors (Lipinski definition) is 4. The summed E-state index contributed by atoms with van der Waals surface area (Å²) in [4.78, 5) is 9.01. The van der Waals surface area contributed by atoms with E-state index in [9.17, 15) is 26.3 Å². The van der Waals surface area contributed by atoms with Crippen LogP contribution in [-0.2, 0) is 12.4 Å². The second kappa shape index (κ2) is 10.1. The number of alkyl halides is 6. The Labute approximate surface area is 245 Å². The summed E-state index contributed by atoms with van der Waals surface area (Å²) in [5.41, 5.74) is 4.78. The molecule has 0 aliphatic rings. The molecule has 218 valence electrons. The smallest absolute Gasteiger partial charge is 0.416 e. The fraction of sp³-hybridized carbons (Fsp3) is 0.0588. The van der Waals surface area contributed by atoms with Crippen LogP contribution in [0.3, 0.4) is 0 Å². The molecule has 4 nitrogen and oxygen atoms in total. The van der Waals surface area contributed by atoms with Gasteiger partial charge >= 0.3 is 12.4 Å². The van der Waals surface area contributed by atoms with Gasteiger partial charge in [0.25, 0.3) is 0 Å². The molecular formula is C34H18F6N2O2. The van der Waals surface area contributed by atoms with Gasteiger partial charge in [0.15, 0.2) is 24.0 Å². The lowest BCUT2D eigenvalue weighted by Gasteiger charge is -2.15. The molecule has 44 heavy (non-hydrogen) atoms. The average Bonchev–Trinajstić information content (AvgIpc) is 3.70. The third-order valence-corrected chi connectivity index (χ3v) is 7.50. The number of oxazole rings is 2. The largest absolute Gasteiger partial charge is 0.443 e. The SMILES string of the molecule is FC(F)(F)c1ccc(-c2ccccc2-c2c3ncoc3c(-c3ccccc3-c3ccc(C(F)(F)F)cc3)c3ncoc23)cc1. The Hall–Kier alpha value is -5.38. The van der Waals surface area contributed by atoms with E-state index in [1.807, 2.05) is 12.1 Å². The van der Waals surface area contributed by atoms with Gasteiger partial charge in [0, 0.05) is 0 Å². The number of nitrogens with zero attached hydrogens (tertiary/aromatic N) is 2. The van der Waals surface area contributed by atoms with Crippen molar-refractivity contribution < 1.29 is 35.2 Å². The maximum absolute atomic E-state index is 13.2. The van der Waals surface area contributed by atoms with Crippen molar-refractivity contribution in [3.63, 3.8) is 0 Å². The van der Waals surface area contributed by atoms with Crippen LogP contribution in [0.5, 0.6) is 0 Å². The molecule has 0 unspecified atom stereocenters. The number of hydrogen-bond donors (Lipinski definition) is 0. The Balaban J connectivity index is 1.44. The lowest BCUT2D eigenvalue weighted by molar-refractivity contribution is -0.138. The van der Waals surface area contributed by atoms with Crippen LogP contribution in [0.2, 0.25) is 0 Å². The van der Waals surface area contributed by atoms with E-state index >= 15 is 0 Å². The molecule has 0 N–H and O–H groups in total. The Morgan fingerprint density at radius 3 is 1.11 bits per heavy atom. The highest BCUT2D eigenvalue weighted by Crippen LogP contribution is 2.47. The summed E-state index contributed by atoms with van der Waals surface area (Å²) in [7, 11) is 0. The zero-order valence-corrected chi connectivity index (χ0v) is 22.4. The van der Waals surface area contributed by atoms with E-state index in [1.54, 1.807) is 36.4 Å². The summed E-state index contributed by atoms with van der Waals surface area (Å²) < 4.78 is 91.3. The fourth-order valence-corrected chi connectivity index (χ4v) is 5.50. The second-order valence-electron chi connectivity index (χ2n) is 10.1. The molecule has 7 aromatic rings. The third kappa shape index (κ3) is 4.59. The zero-order valence-electron chi connectivity index (χ0n) is 22.4. The lowest BCUT2D eigenvalue weighted by Crippen LogP contribution is -2.04. The van der Waals surface area contributed by atoms with Gasteiger partial charge in [0.05, 0.1) is 22.3 Å². The molecule has 10 heteroatoms. The first-order valence-electron chi connectivity index (χ1n) is 13.3. The topological polar surface area (TPSA) is 52.1 Å². The maximum Gasteiger partial charge on any atom is 0.416 e. The van der Waals surface area contributed by atoms with Gasteiger partial charge in [-0.05, 0) is 57.6 Å². The first kappa shape index (κ1) is 27.5. The van der Waals surface area contributed by atoms with Crippen molar-refractivity contribution in [2.45, 2.75) is 12.4 Å². The van der Waals surface area contributed by atoms with Gasteiger partial charge in [-0.2, -0.15) is 26.3 Å². The summed E-state index contributed by atoms with van der Waals surface area (Å²) in [6.07, 6.45) is -6.39. The minimum atomic E-state index is -4.47. The summed E-state index contributed by atoms with van der Waals surface area (Å²) >= 11 is 0. The van der Waals surface area contributed by atoms with Crippen molar-refractivity contribution in [1.82, 2.24) is 9.97 Å². The molecule has 0 bridgehead atoms. The van der Waals surface area contributed by atoms with Gasteiger partial charge in [-0.3, -0.25) is 0 Å². The number of benzene rings is 5. The van der Waals surface area contributed by atoms with Crippen LogP contribution in [0.1, 0.15) is 11.1 Å². The second-order valence-corrected chi connectivity index (χ2v) is 10.1. The lowest BCUT2D eigenvalue weighted by atomic mass is 9.89. The normalized spacial score (nSPS) is 12.3. The maximum atomic E-state index is 13.2. The number of fused-ring (bicyclic) bond motifs is 2. The quantitative estimate of drug-likeness (QED) is 0.189. The van der Waals surface area contributed by atoms with Gasteiger partial charge in [-0.15, -0.1) is 0 Å². The summed E-state index contributed by atoms with van der Waals surface area (Å²) in [5.74, 6) is 0. The molecule has 0 saturated carbocycles. The van der Waals surface area contributed by atoms with Crippen molar-refractivity contribution in [2.24, 2.45) is 0 Å². The van der Waals surface area contributed by atoms with Crippen LogP contribution in [-0.4, -0.2) is 9.97 Å². The predicted molar refractivity (Wildman–Crippen MR) is 153 cm³/mol. The van der Waals surface area contributed by atoms with E-state index in [0.29, 0.717) is 66.7 Å². The molecule has 0 saturated heterocycles. The molecule has 2 heterocycles. The van der Waals surface area contributed by atoms with Gasteiger partial charge in [-0.1, -0.05) is 72.8 Å². The van der Waals surface area contributed by atoms with E-state index in [4.69, 9.17) is 8.83 Å². The van der Waals surface area contributed by atoms with E-state index < -0.39 is 23.5 Å². The summed E-state index contributed by atoms with van der Waals surface area (Å²) in [6.45, 7) is 0. The Kier molecular flexibility index (Phi) is 6.31. The van der Waals surface area contributed by atoms with E-state index in [1.165, 1.54) is 37.1 Å². The Morgan fingerprint density at radius 1 is 0.432 bits per heavy atom. The number of halogens is 6. The highest BCUT2D eigenvalue weighted by Gasteiger charge is 2.32. The molecule has 0 spiro atoms. The van der Waals surface area contributed by atoms with Crippen molar-refractivity contribution in [2.75, 3.05) is 0 Å². The molecule has 0 fully saturated rings. The van der Waals surface area contributed by atoms with Crippen LogP contribution >= 0.6 is 0 Å². The van der Waals surface area contributed by atoms with Gasteiger partial charge < -0.3 is 8.83 Å². The van der Waals surface area contributed by atoms with E-state index in [-0.39, 0.29) is 0 Å². The number of aromatic nitrogens is 2. The zero-order chi connectivity index (χ0) is 30.6. The molecule has 0 aliphatic carbocycles. The highest BCUT2D eigenvalue weighted by atomic mass is 19.4. The molecule has 0 atom stereocenters. The first-order chi connectivity index (χ1) is 21.1. The summed E-state index contributed by atoms with van der Waals surface area (Å²) in [6, 6.07) is 24.1. The molecule has 5 aromatic carbocycles. The van der Waals surface area contributed by atoms with E-state index in [0.717, 1.165) is 24.3 Å². The standard InChI is InChI=1S/C34H18F6N2O2/c35-33(36,37)21-13-9-19(10-14-21)23-5-1-3-7-25(23)27-29-32(44-17-41-29)28(30-31(27)43-18-42-30)26-8-4-2-6-24(26)20-11-15-22(16-12-20)34(38,39)40/h1-18H. The monoisotopic (exact) mass is 600 g/mol. The Bertz CT molecular complexity index is 1940. The molecule has 7 rings (SSSR count). The molecule has 0 aliphatic heterocycles. The molecule has 0 radical (unpaired) electrons. The van der Waals surface area contributed by atoms with Crippen LogP contribution in [0.15, 0.2) is 119 Å². The van der Waals surface area contributed by atoms with Crippen molar-refractivity contribution in [3.05, 3.63) is 121 Å². The molecule has 0 amide bonds. The average molecular weight is 601 g/mol. The highest BCUT2D eigenvalue weighted by molar-refractivity contribution is 6.18. The number of rotatable bonds is 4. The third-order valence-electron chi connectivity index (χ3n) is 7.50. The minimum absolute atomic E-state index is 0.364. The van der Waals surface area contributed by atoms with Crippen LogP contribution in [0, 0.1) is 0 Å². The Morgan fingerprint density at radius 2 is 0.773 bits per heavy atom. The van der Waals surface area contributed by atoms with Gasteiger partial charge in [0.1, 0.15) is 11.0 Å². The molecular weight excluding hydrogens is 582 g/mol.